The predicted molar refractivity (Wildman–Crippen MR) is 103 cm³/mol. The molecule has 5 nitrogen and oxygen atoms in total. The van der Waals surface area contributed by atoms with Gasteiger partial charge in [-0.05, 0) is 36.5 Å². The van der Waals surface area contributed by atoms with Crippen molar-refractivity contribution in [2.75, 3.05) is 0 Å². The van der Waals surface area contributed by atoms with Gasteiger partial charge in [0.1, 0.15) is 10.6 Å². The van der Waals surface area contributed by atoms with Gasteiger partial charge in [0.25, 0.3) is 5.91 Å². The lowest BCUT2D eigenvalue weighted by Gasteiger charge is -2.10. The summed E-state index contributed by atoms with van der Waals surface area (Å²) in [6.45, 7) is 0.422. The van der Waals surface area contributed by atoms with E-state index < -0.39 is 0 Å². The first kappa shape index (κ1) is 17.2. The fourth-order valence-corrected chi connectivity index (χ4v) is 4.42. The van der Waals surface area contributed by atoms with E-state index in [-0.39, 0.29) is 11.0 Å². The summed E-state index contributed by atoms with van der Waals surface area (Å²) >= 11 is 16.2. The number of furan rings is 1. The van der Waals surface area contributed by atoms with Gasteiger partial charge < -0.3 is 9.73 Å². The number of carbonyl (C=O) groups excluding carboxylic acids is 1. The predicted octanol–water partition coefficient (Wildman–Crippen LogP) is 4.22. The third kappa shape index (κ3) is 3.72. The molecular formula is C15H11BrClN3O2S2. The molecule has 0 fully saturated rings. The Morgan fingerprint density at radius 1 is 1.29 bits per heavy atom. The second-order valence-corrected chi connectivity index (χ2v) is 7.39. The van der Waals surface area contributed by atoms with Gasteiger partial charge in [0.15, 0.2) is 5.11 Å². The van der Waals surface area contributed by atoms with Crippen LogP contribution in [0.3, 0.4) is 0 Å². The summed E-state index contributed by atoms with van der Waals surface area (Å²) in [5.41, 5.74) is 5.18. The fourth-order valence-electron chi connectivity index (χ4n) is 2.01. The maximum Gasteiger partial charge on any atom is 0.281 e. The number of halogens is 2. The number of thiocarbonyl (C=S) groups is 1. The minimum absolute atomic E-state index is 0.276. The number of hydrogen-bond acceptors (Lipinski definition) is 4. The van der Waals surface area contributed by atoms with E-state index >= 15 is 0 Å². The Bertz CT molecular complexity index is 896. The molecule has 3 rings (SSSR count). The van der Waals surface area contributed by atoms with Crippen molar-refractivity contribution in [2.24, 2.45) is 0 Å². The molecule has 0 unspecified atom stereocenters. The van der Waals surface area contributed by atoms with Crippen molar-refractivity contribution < 1.29 is 9.21 Å². The molecule has 0 bridgehead atoms. The van der Waals surface area contributed by atoms with E-state index in [0.717, 1.165) is 20.3 Å². The Balaban J connectivity index is 1.62. The summed E-state index contributed by atoms with van der Waals surface area (Å²) < 4.78 is 6.96. The summed E-state index contributed by atoms with van der Waals surface area (Å²) in [5, 5.41) is 4.43. The molecule has 0 spiro atoms. The maximum absolute atomic E-state index is 12.3. The van der Waals surface area contributed by atoms with E-state index in [2.05, 4.69) is 32.1 Å². The number of rotatable bonds is 3. The van der Waals surface area contributed by atoms with Gasteiger partial charge in [-0.15, -0.1) is 11.3 Å². The first-order valence-corrected chi connectivity index (χ1v) is 9.19. The minimum atomic E-state index is -0.352. The largest absolute Gasteiger partial charge is 0.467 e. The Morgan fingerprint density at radius 2 is 2.12 bits per heavy atom. The van der Waals surface area contributed by atoms with Crippen LogP contribution in [0.15, 0.2) is 45.5 Å². The maximum atomic E-state index is 12.3. The zero-order valence-electron chi connectivity index (χ0n) is 12.1. The molecule has 3 N–H and O–H groups in total. The third-order valence-corrected chi connectivity index (χ3v) is 5.66. The zero-order valence-corrected chi connectivity index (χ0v) is 16.0. The summed E-state index contributed by atoms with van der Waals surface area (Å²) in [5.74, 6) is 0.387. The number of benzene rings is 1. The van der Waals surface area contributed by atoms with Gasteiger partial charge in [-0.1, -0.05) is 33.6 Å². The van der Waals surface area contributed by atoms with Crippen LogP contribution in [0, 0.1) is 0 Å². The van der Waals surface area contributed by atoms with Gasteiger partial charge in [-0.3, -0.25) is 15.6 Å². The highest BCUT2D eigenvalue weighted by Crippen LogP contribution is 2.39. The molecule has 0 aliphatic rings. The average molecular weight is 445 g/mol. The average Bonchev–Trinajstić information content (AvgIpc) is 3.19. The van der Waals surface area contributed by atoms with Crippen molar-refractivity contribution in [3.05, 3.63) is 56.7 Å². The Kier molecular flexibility index (Phi) is 5.40. The fraction of sp³-hybridized carbons (Fsp3) is 0.0667. The molecule has 2 heterocycles. The van der Waals surface area contributed by atoms with Gasteiger partial charge in [-0.2, -0.15) is 0 Å². The number of thiophene rings is 1. The zero-order chi connectivity index (χ0) is 17.1. The number of amides is 1. The van der Waals surface area contributed by atoms with Crippen molar-refractivity contribution in [3.63, 3.8) is 0 Å². The van der Waals surface area contributed by atoms with Crippen LogP contribution in [0.25, 0.3) is 10.1 Å². The standard InChI is InChI=1S/C15H11BrClN3O2S2/c16-9-4-1-5-10-11(9)12(17)13(24-10)14(21)19-20-15(23)18-7-8-3-2-6-22-8/h1-6H,7H2,(H,19,21)(H2,18,20,23). The second-order valence-electron chi connectivity index (χ2n) is 4.70. The molecule has 124 valence electrons. The van der Waals surface area contributed by atoms with Gasteiger partial charge in [0.2, 0.25) is 0 Å². The SMILES string of the molecule is O=C(NNC(=S)NCc1ccco1)c1sc2cccc(Br)c2c1Cl. The molecule has 0 aliphatic heterocycles. The van der Waals surface area contributed by atoms with Crippen LogP contribution >= 0.6 is 51.1 Å². The molecule has 3 aromatic rings. The quantitative estimate of drug-likeness (QED) is 0.417. The number of nitrogens with one attached hydrogen (secondary N) is 3. The molecule has 0 radical (unpaired) electrons. The number of hydrogen-bond donors (Lipinski definition) is 3. The molecule has 2 aromatic heterocycles. The highest BCUT2D eigenvalue weighted by molar-refractivity contribution is 9.10. The van der Waals surface area contributed by atoms with Crippen LogP contribution in [0.2, 0.25) is 5.02 Å². The normalized spacial score (nSPS) is 10.6. The van der Waals surface area contributed by atoms with E-state index in [1.807, 2.05) is 24.3 Å². The Morgan fingerprint density at radius 3 is 2.83 bits per heavy atom. The van der Waals surface area contributed by atoms with Crippen LogP contribution in [0.4, 0.5) is 0 Å². The van der Waals surface area contributed by atoms with E-state index in [0.29, 0.717) is 16.4 Å². The van der Waals surface area contributed by atoms with Crippen molar-refractivity contribution in [3.8, 4) is 0 Å². The van der Waals surface area contributed by atoms with Crippen LogP contribution in [-0.4, -0.2) is 11.0 Å². The number of hydrazine groups is 1. The first-order chi connectivity index (χ1) is 11.6. The minimum Gasteiger partial charge on any atom is -0.467 e. The van der Waals surface area contributed by atoms with Gasteiger partial charge >= 0.3 is 0 Å². The summed E-state index contributed by atoms with van der Waals surface area (Å²) in [6, 6.07) is 9.30. The number of fused-ring (bicyclic) bond motifs is 1. The molecule has 1 aromatic carbocycles. The van der Waals surface area contributed by atoms with E-state index in [9.17, 15) is 4.79 Å². The first-order valence-electron chi connectivity index (χ1n) is 6.79. The van der Waals surface area contributed by atoms with Crippen LogP contribution in [-0.2, 0) is 6.54 Å². The van der Waals surface area contributed by atoms with Crippen molar-refractivity contribution >= 4 is 72.2 Å². The molecule has 1 amide bonds. The monoisotopic (exact) mass is 443 g/mol. The molecule has 0 aliphatic carbocycles. The lowest BCUT2D eigenvalue weighted by molar-refractivity contribution is 0.0948. The van der Waals surface area contributed by atoms with Gasteiger partial charge in [0, 0.05) is 14.6 Å². The molecule has 0 saturated heterocycles. The molecule has 9 heteroatoms. The molecule has 24 heavy (non-hydrogen) atoms. The smallest absolute Gasteiger partial charge is 0.281 e. The third-order valence-electron chi connectivity index (χ3n) is 3.11. The second kappa shape index (κ2) is 7.52. The topological polar surface area (TPSA) is 66.3 Å². The van der Waals surface area contributed by atoms with Crippen molar-refractivity contribution in [2.45, 2.75) is 6.54 Å². The lowest BCUT2D eigenvalue weighted by Crippen LogP contribution is -2.46. The number of carbonyl (C=O) groups is 1. The lowest BCUT2D eigenvalue weighted by atomic mass is 10.2. The highest BCUT2D eigenvalue weighted by Gasteiger charge is 2.18. The highest BCUT2D eigenvalue weighted by atomic mass is 79.9. The van der Waals surface area contributed by atoms with Crippen LogP contribution in [0.5, 0.6) is 0 Å². The van der Waals surface area contributed by atoms with E-state index in [1.54, 1.807) is 12.3 Å². The van der Waals surface area contributed by atoms with Crippen LogP contribution in [0.1, 0.15) is 15.4 Å². The Labute approximate surface area is 160 Å². The summed E-state index contributed by atoms with van der Waals surface area (Å²) in [7, 11) is 0. The molecule has 0 saturated carbocycles. The summed E-state index contributed by atoms with van der Waals surface area (Å²) in [4.78, 5) is 12.7. The van der Waals surface area contributed by atoms with Crippen molar-refractivity contribution in [1.82, 2.24) is 16.2 Å². The van der Waals surface area contributed by atoms with E-state index in [4.69, 9.17) is 28.2 Å². The van der Waals surface area contributed by atoms with E-state index in [1.165, 1.54) is 11.3 Å². The van der Waals surface area contributed by atoms with Crippen LogP contribution < -0.4 is 16.2 Å². The molecule has 0 atom stereocenters. The van der Waals surface area contributed by atoms with Gasteiger partial charge in [0.05, 0.1) is 17.8 Å². The Hall–Kier alpha value is -1.61. The molecular weight excluding hydrogens is 434 g/mol. The van der Waals surface area contributed by atoms with Gasteiger partial charge in [-0.25, -0.2) is 0 Å². The van der Waals surface area contributed by atoms with Crippen molar-refractivity contribution in [1.29, 1.82) is 0 Å². The summed E-state index contributed by atoms with van der Waals surface area (Å²) in [6.07, 6.45) is 1.58.